The van der Waals surface area contributed by atoms with E-state index in [0.717, 1.165) is 18.7 Å². The lowest BCUT2D eigenvalue weighted by Gasteiger charge is -2.15. The van der Waals surface area contributed by atoms with Gasteiger partial charge in [0.2, 0.25) is 0 Å². The van der Waals surface area contributed by atoms with Gasteiger partial charge in [-0.1, -0.05) is 30.3 Å². The van der Waals surface area contributed by atoms with E-state index in [1.807, 2.05) is 41.3 Å². The summed E-state index contributed by atoms with van der Waals surface area (Å²) in [6.45, 7) is 1.96. The van der Waals surface area contributed by atoms with Gasteiger partial charge in [0.1, 0.15) is 0 Å². The van der Waals surface area contributed by atoms with Crippen LogP contribution in [0.2, 0.25) is 0 Å². The highest BCUT2D eigenvalue weighted by atomic mass is 16.3. The van der Waals surface area contributed by atoms with Crippen LogP contribution in [0.5, 0.6) is 0 Å². The van der Waals surface area contributed by atoms with E-state index in [9.17, 15) is 5.11 Å². The summed E-state index contributed by atoms with van der Waals surface area (Å²) in [5, 5.41) is 9.79. The largest absolute Gasteiger partial charge is 0.495 e. The van der Waals surface area contributed by atoms with Crippen molar-refractivity contribution in [3.05, 3.63) is 41.8 Å². The van der Waals surface area contributed by atoms with Crippen LogP contribution in [-0.2, 0) is 0 Å². The molecule has 1 aromatic carbocycles. The van der Waals surface area contributed by atoms with Crippen molar-refractivity contribution < 1.29 is 5.11 Å². The lowest BCUT2D eigenvalue weighted by atomic mass is 10.2. The second kappa shape index (κ2) is 4.18. The highest BCUT2D eigenvalue weighted by molar-refractivity contribution is 5.50. The zero-order valence-corrected chi connectivity index (χ0v) is 8.19. The Morgan fingerprint density at radius 3 is 2.43 bits per heavy atom. The molecule has 0 unspecified atom stereocenters. The van der Waals surface area contributed by atoms with Crippen LogP contribution >= 0.6 is 0 Å². The quantitative estimate of drug-likeness (QED) is 0.723. The molecule has 2 nitrogen and oxygen atoms in total. The molecule has 2 rings (SSSR count). The van der Waals surface area contributed by atoms with E-state index in [1.54, 1.807) is 0 Å². The second-order valence-electron chi connectivity index (χ2n) is 3.61. The number of aliphatic hydroxyl groups excluding tert-OH is 1. The highest BCUT2D eigenvalue weighted by Crippen LogP contribution is 2.15. The summed E-state index contributed by atoms with van der Waals surface area (Å²) >= 11 is 0. The van der Waals surface area contributed by atoms with E-state index in [0.29, 0.717) is 5.88 Å². The Morgan fingerprint density at radius 2 is 1.79 bits per heavy atom. The van der Waals surface area contributed by atoms with Crippen molar-refractivity contribution in [1.82, 2.24) is 4.90 Å². The van der Waals surface area contributed by atoms with Crippen LogP contribution in [0.1, 0.15) is 18.4 Å². The van der Waals surface area contributed by atoms with Crippen LogP contribution < -0.4 is 0 Å². The molecule has 0 atom stereocenters. The van der Waals surface area contributed by atoms with Gasteiger partial charge in [-0.2, -0.15) is 0 Å². The number of hydrogen-bond acceptors (Lipinski definition) is 2. The average molecular weight is 189 g/mol. The van der Waals surface area contributed by atoms with Gasteiger partial charge in [-0.05, 0) is 18.4 Å². The summed E-state index contributed by atoms with van der Waals surface area (Å²) < 4.78 is 0. The number of rotatable bonds is 2. The van der Waals surface area contributed by atoms with E-state index >= 15 is 0 Å². The second-order valence-corrected chi connectivity index (χ2v) is 3.61. The zero-order chi connectivity index (χ0) is 9.80. The van der Waals surface area contributed by atoms with Gasteiger partial charge < -0.3 is 10.0 Å². The number of benzene rings is 1. The molecular weight excluding hydrogens is 174 g/mol. The van der Waals surface area contributed by atoms with Gasteiger partial charge in [-0.3, -0.25) is 0 Å². The molecule has 0 saturated carbocycles. The van der Waals surface area contributed by atoms with Gasteiger partial charge >= 0.3 is 0 Å². The first-order chi connectivity index (χ1) is 6.86. The van der Waals surface area contributed by atoms with Crippen LogP contribution in [0.4, 0.5) is 0 Å². The first kappa shape index (κ1) is 9.13. The van der Waals surface area contributed by atoms with Gasteiger partial charge in [0.05, 0.1) is 0 Å². The Morgan fingerprint density at radius 1 is 1.14 bits per heavy atom. The third-order valence-corrected chi connectivity index (χ3v) is 2.53. The van der Waals surface area contributed by atoms with Crippen molar-refractivity contribution in [2.75, 3.05) is 13.1 Å². The van der Waals surface area contributed by atoms with Gasteiger partial charge in [0.15, 0.2) is 5.88 Å². The number of hydrogen-bond donors (Lipinski definition) is 1. The van der Waals surface area contributed by atoms with Crippen molar-refractivity contribution in [2.45, 2.75) is 12.8 Å². The first-order valence-corrected chi connectivity index (χ1v) is 5.07. The minimum Gasteiger partial charge on any atom is -0.495 e. The summed E-state index contributed by atoms with van der Waals surface area (Å²) in [6, 6.07) is 9.91. The predicted octanol–water partition coefficient (Wildman–Crippen LogP) is 2.64. The lowest BCUT2D eigenvalue weighted by Crippen LogP contribution is -2.17. The molecule has 0 aliphatic carbocycles. The van der Waals surface area contributed by atoms with Crippen LogP contribution in [0, 0.1) is 0 Å². The Kier molecular flexibility index (Phi) is 2.73. The fourth-order valence-electron chi connectivity index (χ4n) is 1.74. The van der Waals surface area contributed by atoms with Crippen molar-refractivity contribution in [1.29, 1.82) is 0 Å². The summed E-state index contributed by atoms with van der Waals surface area (Å²) in [7, 11) is 0. The number of likely N-dealkylation sites (tertiary alicyclic amines) is 1. The van der Waals surface area contributed by atoms with Crippen LogP contribution in [0.3, 0.4) is 0 Å². The molecule has 1 fully saturated rings. The zero-order valence-electron chi connectivity index (χ0n) is 8.19. The summed E-state index contributed by atoms with van der Waals surface area (Å²) in [5.41, 5.74) is 1.05. The van der Waals surface area contributed by atoms with E-state index < -0.39 is 0 Å². The monoisotopic (exact) mass is 189 g/mol. The fourth-order valence-corrected chi connectivity index (χ4v) is 1.74. The van der Waals surface area contributed by atoms with Crippen molar-refractivity contribution >= 4 is 6.08 Å². The molecule has 1 aliphatic heterocycles. The van der Waals surface area contributed by atoms with Crippen molar-refractivity contribution in [3.8, 4) is 0 Å². The smallest absolute Gasteiger partial charge is 0.187 e. The molecule has 0 aromatic heterocycles. The Bertz CT molecular complexity index is 312. The first-order valence-electron chi connectivity index (χ1n) is 5.07. The molecule has 1 aromatic rings. The lowest BCUT2D eigenvalue weighted by molar-refractivity contribution is 0.238. The maximum absolute atomic E-state index is 9.79. The SMILES string of the molecule is O/C(=C\c1ccccc1)N1CCCC1. The minimum absolute atomic E-state index is 0.397. The summed E-state index contributed by atoms with van der Waals surface area (Å²) in [5.74, 6) is 0.397. The van der Waals surface area contributed by atoms with Gasteiger partial charge in [0.25, 0.3) is 0 Å². The van der Waals surface area contributed by atoms with E-state index in [4.69, 9.17) is 0 Å². The maximum Gasteiger partial charge on any atom is 0.187 e. The van der Waals surface area contributed by atoms with Crippen LogP contribution in [0.15, 0.2) is 36.2 Å². The fraction of sp³-hybridized carbons (Fsp3) is 0.333. The van der Waals surface area contributed by atoms with Crippen molar-refractivity contribution in [2.24, 2.45) is 0 Å². The molecule has 1 N–H and O–H groups in total. The maximum atomic E-state index is 9.79. The molecule has 1 aliphatic rings. The molecule has 0 amide bonds. The molecule has 2 heteroatoms. The highest BCUT2D eigenvalue weighted by Gasteiger charge is 2.13. The standard InChI is InChI=1S/C12H15NO/c14-12(13-8-4-5-9-13)10-11-6-2-1-3-7-11/h1-3,6-7,10,14H,4-5,8-9H2/b12-10-. The molecule has 1 saturated heterocycles. The molecular formula is C12H15NO. The van der Waals surface area contributed by atoms with Crippen molar-refractivity contribution in [3.63, 3.8) is 0 Å². The topological polar surface area (TPSA) is 23.5 Å². The molecule has 14 heavy (non-hydrogen) atoms. The molecule has 0 bridgehead atoms. The number of aliphatic hydroxyl groups is 1. The van der Waals surface area contributed by atoms with E-state index in [1.165, 1.54) is 12.8 Å². The third kappa shape index (κ3) is 2.08. The van der Waals surface area contributed by atoms with Crippen LogP contribution in [-0.4, -0.2) is 23.1 Å². The normalized spacial score (nSPS) is 17.4. The van der Waals surface area contributed by atoms with Gasteiger partial charge in [-0.25, -0.2) is 0 Å². The number of nitrogens with zero attached hydrogens (tertiary/aromatic N) is 1. The molecule has 1 heterocycles. The Balaban J connectivity index is 2.10. The van der Waals surface area contributed by atoms with E-state index in [-0.39, 0.29) is 0 Å². The minimum atomic E-state index is 0.397. The third-order valence-electron chi connectivity index (χ3n) is 2.53. The van der Waals surface area contributed by atoms with Gasteiger partial charge in [0, 0.05) is 19.2 Å². The molecule has 0 spiro atoms. The summed E-state index contributed by atoms with van der Waals surface area (Å²) in [6.07, 6.45) is 4.20. The molecule has 0 radical (unpaired) electrons. The Labute approximate surface area is 84.5 Å². The summed E-state index contributed by atoms with van der Waals surface area (Å²) in [4.78, 5) is 2.02. The molecule has 74 valence electrons. The van der Waals surface area contributed by atoms with Crippen LogP contribution in [0.25, 0.3) is 6.08 Å². The average Bonchev–Trinajstić information content (AvgIpc) is 2.72. The Hall–Kier alpha value is -1.44. The predicted molar refractivity (Wildman–Crippen MR) is 57.9 cm³/mol. The van der Waals surface area contributed by atoms with Gasteiger partial charge in [-0.15, -0.1) is 0 Å². The van der Waals surface area contributed by atoms with E-state index in [2.05, 4.69) is 0 Å².